The molecule has 0 spiro atoms. The fraction of sp³-hybridized carbons (Fsp3) is 0.900. The normalized spacial score (nSPS) is 11.3. The van der Waals surface area contributed by atoms with E-state index < -0.39 is 23.9 Å². The third-order valence-electron chi connectivity index (χ3n) is 7.27. The number of carboxylic acid groups (broad SMARTS) is 4. The van der Waals surface area contributed by atoms with Crippen LogP contribution >= 0.6 is 0 Å². The number of hydrogen-bond acceptors (Lipinski definition) is 4. The minimum Gasteiger partial charge on any atom is -0.481 e. The van der Waals surface area contributed by atoms with E-state index in [0.717, 1.165) is 77.0 Å². The Hall–Kier alpha value is -1.24. The maximum absolute atomic E-state index is 10.2. The van der Waals surface area contributed by atoms with E-state index in [1.807, 2.05) is 0 Å². The van der Waals surface area contributed by atoms with Crippen LogP contribution in [0.1, 0.15) is 212 Å². The van der Waals surface area contributed by atoms with Crippen molar-refractivity contribution in [2.45, 2.75) is 212 Å². The zero-order valence-corrected chi connectivity index (χ0v) is 36.5. The molecule has 0 aromatic rings. The van der Waals surface area contributed by atoms with Crippen molar-refractivity contribution >= 4 is 23.9 Å². The van der Waals surface area contributed by atoms with Crippen LogP contribution in [0, 0.1) is 21.7 Å². The third-order valence-corrected chi connectivity index (χ3v) is 7.27. The Kier molecular flexibility index (Phi) is 38.1. The largest absolute Gasteiger partial charge is 0.481 e. The molecule has 0 aromatic carbocycles. The number of hydrogen-bond donors (Lipinski definition) is 4. The van der Waals surface area contributed by atoms with Crippen LogP contribution in [0.25, 0.3) is 0 Å². The molecule has 0 aliphatic rings. The second-order valence-electron chi connectivity index (χ2n) is 18.1. The second kappa shape index (κ2) is 32.7. The van der Waals surface area contributed by atoms with Crippen molar-refractivity contribution in [1.29, 1.82) is 0 Å². The first-order valence-corrected chi connectivity index (χ1v) is 18.5. The average Bonchev–Trinajstić information content (AvgIpc) is 2.85. The summed E-state index contributed by atoms with van der Waals surface area (Å²) in [6.07, 6.45) is 18.1. The Bertz CT molecular complexity index is 676. The van der Waals surface area contributed by atoms with E-state index in [1.165, 1.54) is 25.7 Å². The molecule has 0 atom stereocenters. The van der Waals surface area contributed by atoms with Crippen molar-refractivity contribution in [2.24, 2.45) is 21.7 Å². The van der Waals surface area contributed by atoms with Gasteiger partial charge in [0.15, 0.2) is 0 Å². The number of carboxylic acids is 4. The van der Waals surface area contributed by atoms with Crippen molar-refractivity contribution in [2.75, 3.05) is 0 Å². The second-order valence-corrected chi connectivity index (χ2v) is 18.1. The predicted molar refractivity (Wildman–Crippen MR) is 201 cm³/mol. The predicted octanol–water partition coefficient (Wildman–Crippen LogP) is 12.3. The fourth-order valence-corrected chi connectivity index (χ4v) is 4.43. The Morgan fingerprint density at radius 1 is 0.306 bits per heavy atom. The van der Waals surface area contributed by atoms with Gasteiger partial charge in [0.25, 0.3) is 0 Å². The van der Waals surface area contributed by atoms with Crippen molar-refractivity contribution in [3.05, 3.63) is 0 Å². The molecule has 0 radical (unpaired) electrons. The van der Waals surface area contributed by atoms with E-state index in [1.54, 1.807) is 0 Å². The van der Waals surface area contributed by atoms with Gasteiger partial charge in [0.2, 0.25) is 0 Å². The van der Waals surface area contributed by atoms with Crippen LogP contribution in [-0.2, 0) is 45.4 Å². The van der Waals surface area contributed by atoms with Gasteiger partial charge in [-0.2, -0.15) is 0 Å². The minimum atomic E-state index is -0.675. The van der Waals surface area contributed by atoms with E-state index in [9.17, 15) is 19.2 Å². The van der Waals surface area contributed by atoms with Crippen molar-refractivity contribution in [3.63, 3.8) is 0 Å². The van der Waals surface area contributed by atoms with Crippen molar-refractivity contribution in [3.8, 4) is 0 Å². The van der Waals surface area contributed by atoms with Gasteiger partial charge in [-0.3, -0.25) is 19.2 Å². The zero-order chi connectivity index (χ0) is 38.5. The number of carbonyl (C=O) groups is 4. The first-order chi connectivity index (χ1) is 21.7. The number of aliphatic carboxylic acids is 4. The topological polar surface area (TPSA) is 149 Å². The van der Waals surface area contributed by atoms with Gasteiger partial charge >= 0.3 is 23.9 Å². The molecule has 0 heterocycles. The van der Waals surface area contributed by atoms with Gasteiger partial charge < -0.3 is 20.4 Å². The molecule has 0 saturated carbocycles. The van der Waals surface area contributed by atoms with Crippen LogP contribution in [0.15, 0.2) is 0 Å². The Morgan fingerprint density at radius 3 is 0.551 bits per heavy atom. The molecular weight excluding hydrogens is 700 g/mol. The van der Waals surface area contributed by atoms with Gasteiger partial charge in [-0.05, 0) is 73.0 Å². The van der Waals surface area contributed by atoms with Gasteiger partial charge in [-0.15, -0.1) is 0 Å². The van der Waals surface area contributed by atoms with Crippen LogP contribution in [0.4, 0.5) is 0 Å². The van der Waals surface area contributed by atoms with Gasteiger partial charge in [-0.25, -0.2) is 0 Å². The van der Waals surface area contributed by atoms with Gasteiger partial charge in [0.05, 0.1) is 0 Å². The zero-order valence-electron chi connectivity index (χ0n) is 34.1. The summed E-state index contributed by atoms with van der Waals surface area (Å²) >= 11 is 0. The van der Waals surface area contributed by atoms with Crippen LogP contribution < -0.4 is 0 Å². The number of rotatable bonds is 20. The molecule has 0 aliphatic heterocycles. The average molecular weight is 780 g/mol. The molecule has 49 heavy (non-hydrogen) atoms. The molecule has 0 rings (SSSR count). The van der Waals surface area contributed by atoms with Gasteiger partial charge in [0.1, 0.15) is 0 Å². The summed E-state index contributed by atoms with van der Waals surface area (Å²) in [5, 5.41) is 33.5. The maximum atomic E-state index is 10.2. The van der Waals surface area contributed by atoms with E-state index in [2.05, 4.69) is 83.1 Å². The van der Waals surface area contributed by atoms with Crippen molar-refractivity contribution in [1.82, 2.24) is 0 Å². The Labute approximate surface area is 321 Å². The molecule has 9 heteroatoms. The monoisotopic (exact) mass is 778 g/mol. The number of unbranched alkanes of at least 4 members (excludes halogenated alkanes) is 8. The maximum Gasteiger partial charge on any atom is 0.303 e. The quantitative estimate of drug-likeness (QED) is 0.0892. The summed E-state index contributed by atoms with van der Waals surface area (Å²) in [7, 11) is 0. The smallest absolute Gasteiger partial charge is 0.303 e. The molecule has 0 amide bonds. The molecule has 4 N–H and O–H groups in total. The molecule has 0 aliphatic carbocycles. The summed E-state index contributed by atoms with van der Waals surface area (Å²) in [5.74, 6) is -2.70. The van der Waals surface area contributed by atoms with Gasteiger partial charge in [-0.1, -0.05) is 134 Å². The minimum absolute atomic E-state index is 0. The third kappa shape index (κ3) is 77.5. The first-order valence-electron chi connectivity index (χ1n) is 18.5. The molecule has 292 valence electrons. The first kappa shape index (κ1) is 57.1. The SMILES string of the molecule is CC(C)(C)CCCCCC(=O)O.CC(C)(C)CCCCCC(=O)O.CC(C)(C)CCCCCC(=O)O.CC(C)(C)CCCCCC(=O)O.[Zr]. The summed E-state index contributed by atoms with van der Waals surface area (Å²) in [5.41, 5.74) is 1.57. The summed E-state index contributed by atoms with van der Waals surface area (Å²) < 4.78 is 0. The van der Waals surface area contributed by atoms with E-state index in [0.29, 0.717) is 47.3 Å². The fourth-order valence-electron chi connectivity index (χ4n) is 4.43. The molecule has 0 aromatic heterocycles. The van der Waals surface area contributed by atoms with Crippen LogP contribution in [0.3, 0.4) is 0 Å². The van der Waals surface area contributed by atoms with E-state index in [-0.39, 0.29) is 26.2 Å². The van der Waals surface area contributed by atoms with E-state index >= 15 is 0 Å². The Morgan fingerprint density at radius 2 is 0.449 bits per heavy atom. The summed E-state index contributed by atoms with van der Waals surface area (Å²) in [6, 6.07) is 0. The summed E-state index contributed by atoms with van der Waals surface area (Å²) in [4.78, 5) is 40.6. The molecule has 8 nitrogen and oxygen atoms in total. The Balaban J connectivity index is -0.000000174. The molecule has 0 fully saturated rings. The van der Waals surface area contributed by atoms with Crippen LogP contribution in [-0.4, -0.2) is 44.3 Å². The molecule has 0 saturated heterocycles. The van der Waals surface area contributed by atoms with Crippen LogP contribution in [0.2, 0.25) is 0 Å². The summed E-state index contributed by atoms with van der Waals surface area (Å²) in [6.45, 7) is 26.5. The van der Waals surface area contributed by atoms with Crippen LogP contribution in [0.5, 0.6) is 0 Å². The van der Waals surface area contributed by atoms with Crippen molar-refractivity contribution < 1.29 is 65.8 Å². The standard InChI is InChI=1S/4C10H20O2.Zr/c4*1-10(2,3)8-6-4-5-7-9(11)12;/h4*4-8H2,1-3H3,(H,11,12);. The molecule has 0 unspecified atom stereocenters. The molecule has 0 bridgehead atoms. The van der Waals surface area contributed by atoms with Gasteiger partial charge in [0, 0.05) is 51.9 Å². The van der Waals surface area contributed by atoms with E-state index in [4.69, 9.17) is 20.4 Å². The molecular formula is C40H80O8Zr.